The second-order valence-corrected chi connectivity index (χ2v) is 7.83. The highest BCUT2D eigenvalue weighted by Gasteiger charge is 2.20. The van der Waals surface area contributed by atoms with Gasteiger partial charge in [0.2, 0.25) is 0 Å². The topological polar surface area (TPSA) is 51.2 Å². The normalized spacial score (nSPS) is 11.1. The van der Waals surface area contributed by atoms with Crippen LogP contribution in [0.4, 0.5) is 0 Å². The Kier molecular flexibility index (Phi) is 9.91. The summed E-state index contributed by atoms with van der Waals surface area (Å²) < 4.78 is 0. The Labute approximate surface area is 176 Å². The monoisotopic (exact) mass is 416 g/mol. The highest BCUT2D eigenvalue weighted by molar-refractivity contribution is 8.17. The van der Waals surface area contributed by atoms with Crippen LogP contribution in [0.3, 0.4) is 0 Å². The summed E-state index contributed by atoms with van der Waals surface area (Å²) in [6, 6.07) is 15.3. The van der Waals surface area contributed by atoms with E-state index in [-0.39, 0.29) is 21.6 Å². The molecule has 2 rings (SSSR count). The van der Waals surface area contributed by atoms with E-state index in [1.165, 1.54) is 26.3 Å². The van der Waals surface area contributed by atoms with Crippen molar-refractivity contribution in [1.29, 1.82) is 0 Å². The minimum atomic E-state index is -0.270. The molecule has 28 heavy (non-hydrogen) atoms. The predicted molar refractivity (Wildman–Crippen MR) is 119 cm³/mol. The Balaban J connectivity index is 0.000000362. The number of carbonyl (C=O) groups is 3. The van der Waals surface area contributed by atoms with Crippen molar-refractivity contribution in [3.8, 4) is 0 Å². The molecule has 0 unspecified atom stereocenters. The van der Waals surface area contributed by atoms with Crippen LogP contribution in [0.15, 0.2) is 53.4 Å². The summed E-state index contributed by atoms with van der Waals surface area (Å²) in [6.45, 7) is 8.14. The van der Waals surface area contributed by atoms with Crippen molar-refractivity contribution in [3.05, 3.63) is 75.1 Å². The highest BCUT2D eigenvalue weighted by Crippen LogP contribution is 2.30. The molecule has 0 aromatic heterocycles. The Bertz CT molecular complexity index is 900. The van der Waals surface area contributed by atoms with Gasteiger partial charge in [0.05, 0.1) is 4.91 Å². The van der Waals surface area contributed by atoms with Crippen molar-refractivity contribution in [2.24, 2.45) is 0 Å². The van der Waals surface area contributed by atoms with E-state index in [1.807, 2.05) is 43.3 Å². The number of halogens is 1. The van der Waals surface area contributed by atoms with Crippen LogP contribution in [0.1, 0.15) is 44.4 Å². The van der Waals surface area contributed by atoms with E-state index in [2.05, 4.69) is 13.0 Å². The van der Waals surface area contributed by atoms with E-state index in [0.717, 1.165) is 28.8 Å². The summed E-state index contributed by atoms with van der Waals surface area (Å²) in [6.07, 6.45) is 1.06. The fourth-order valence-corrected chi connectivity index (χ4v) is 3.52. The highest BCUT2D eigenvalue weighted by atomic mass is 35.5. The van der Waals surface area contributed by atoms with Crippen LogP contribution in [0, 0.1) is 6.92 Å². The maximum absolute atomic E-state index is 11.9. The van der Waals surface area contributed by atoms with Crippen molar-refractivity contribution in [1.82, 2.24) is 0 Å². The number of Topliss-reactive ketones (excluding diaryl/α,β-unsaturated/α-hetero) is 2. The molecule has 0 N–H and O–H groups in total. The first kappa shape index (κ1) is 23.9. The van der Waals surface area contributed by atoms with Gasteiger partial charge in [0, 0.05) is 17.5 Å². The van der Waals surface area contributed by atoms with Crippen LogP contribution < -0.4 is 0 Å². The maximum Gasteiger partial charge on any atom is 0.190 e. The van der Waals surface area contributed by atoms with Crippen LogP contribution in [-0.4, -0.2) is 16.7 Å². The average Bonchev–Trinajstić information content (AvgIpc) is 2.62. The van der Waals surface area contributed by atoms with Gasteiger partial charge >= 0.3 is 0 Å². The van der Waals surface area contributed by atoms with Crippen LogP contribution >= 0.6 is 23.4 Å². The smallest absolute Gasteiger partial charge is 0.190 e. The number of rotatable bonds is 5. The van der Waals surface area contributed by atoms with Gasteiger partial charge in [-0.15, -0.1) is 0 Å². The summed E-state index contributed by atoms with van der Waals surface area (Å²) in [4.78, 5) is 35.1. The number of allylic oxidation sites excluding steroid dienone is 2. The lowest BCUT2D eigenvalue weighted by atomic mass is 9.97. The van der Waals surface area contributed by atoms with Gasteiger partial charge in [-0.3, -0.25) is 14.4 Å². The number of hydrogen-bond donors (Lipinski definition) is 0. The van der Waals surface area contributed by atoms with Crippen molar-refractivity contribution in [2.45, 2.75) is 41.0 Å². The first-order chi connectivity index (χ1) is 13.2. The van der Waals surface area contributed by atoms with Crippen molar-refractivity contribution >= 4 is 45.6 Å². The Hall–Kier alpha value is -2.17. The number of aryl methyl sites for hydroxylation is 2. The number of benzene rings is 2. The molecule has 0 aliphatic rings. The van der Waals surface area contributed by atoms with Gasteiger partial charge in [0.1, 0.15) is 0 Å². The molecule has 148 valence electrons. The van der Waals surface area contributed by atoms with Gasteiger partial charge in [-0.1, -0.05) is 54.9 Å². The first-order valence-electron chi connectivity index (χ1n) is 8.92. The fourth-order valence-electron chi connectivity index (χ4n) is 2.52. The molecule has 5 heteroatoms. The van der Waals surface area contributed by atoms with Gasteiger partial charge in [0.25, 0.3) is 0 Å². The van der Waals surface area contributed by atoms with Crippen molar-refractivity contribution < 1.29 is 14.4 Å². The second-order valence-electron chi connectivity index (χ2n) is 6.21. The molecule has 2 aromatic rings. The van der Waals surface area contributed by atoms with Gasteiger partial charge in [0.15, 0.2) is 16.7 Å². The summed E-state index contributed by atoms with van der Waals surface area (Å²) in [5.74, 6) is -0.484. The van der Waals surface area contributed by atoms with E-state index in [9.17, 15) is 14.4 Å². The zero-order valence-corrected chi connectivity index (χ0v) is 18.4. The largest absolute Gasteiger partial charge is 0.294 e. The number of hydrogen-bond acceptors (Lipinski definition) is 4. The molecule has 0 saturated heterocycles. The molecular formula is C23H25ClO3S. The summed E-state index contributed by atoms with van der Waals surface area (Å²) in [5.41, 5.74) is 3.22. The van der Waals surface area contributed by atoms with Crippen molar-refractivity contribution in [3.63, 3.8) is 0 Å². The third-order valence-electron chi connectivity index (χ3n) is 3.86. The SMILES string of the molecule is CC(=O)S/C(C(C)=O)=C(\C(C)=O)c1ccccc1C.CCc1cccc(Cl)c1. The van der Waals surface area contributed by atoms with Crippen LogP contribution in [0.5, 0.6) is 0 Å². The molecule has 0 spiro atoms. The van der Waals surface area contributed by atoms with E-state index >= 15 is 0 Å². The van der Waals surface area contributed by atoms with Crippen LogP contribution in [0.25, 0.3) is 5.57 Å². The summed E-state index contributed by atoms with van der Waals surface area (Å²) >= 11 is 6.54. The van der Waals surface area contributed by atoms with E-state index in [4.69, 9.17) is 11.6 Å². The number of thioether (sulfide) groups is 1. The molecule has 0 aliphatic heterocycles. The molecule has 0 aliphatic carbocycles. The van der Waals surface area contributed by atoms with Crippen molar-refractivity contribution in [2.75, 3.05) is 0 Å². The molecule has 3 nitrogen and oxygen atoms in total. The molecule has 0 radical (unpaired) electrons. The second kappa shape index (κ2) is 11.6. The lowest BCUT2D eigenvalue weighted by Crippen LogP contribution is -2.07. The van der Waals surface area contributed by atoms with E-state index in [0.29, 0.717) is 11.1 Å². The minimum absolute atomic E-state index is 0.211. The molecule has 0 fully saturated rings. The quantitative estimate of drug-likeness (QED) is 0.555. The third-order valence-corrected chi connectivity index (χ3v) is 5.07. The van der Waals surface area contributed by atoms with E-state index in [1.54, 1.807) is 6.07 Å². The molecule has 0 heterocycles. The van der Waals surface area contributed by atoms with Crippen LogP contribution in [-0.2, 0) is 20.8 Å². The molecule has 0 bridgehead atoms. The lowest BCUT2D eigenvalue weighted by Gasteiger charge is -2.12. The maximum atomic E-state index is 11.9. The number of ketones is 2. The molecule has 0 saturated carbocycles. The summed E-state index contributed by atoms with van der Waals surface area (Å²) in [5, 5.41) is 0.617. The van der Waals surface area contributed by atoms with Gasteiger partial charge in [-0.2, -0.15) is 0 Å². The Morgan fingerprint density at radius 2 is 1.57 bits per heavy atom. The zero-order chi connectivity index (χ0) is 21.3. The zero-order valence-electron chi connectivity index (χ0n) is 16.8. The fraction of sp³-hybridized carbons (Fsp3) is 0.261. The molecule has 0 atom stereocenters. The standard InChI is InChI=1S/C15H16O3S.C8H9Cl/c1-9-7-5-6-8-13(9)14(10(2)16)15(11(3)17)19-12(4)18;1-2-7-4-3-5-8(9)6-7/h5-8H,1-4H3;3-6H,2H2,1H3/b15-14+;. The predicted octanol–water partition coefficient (Wildman–Crippen LogP) is 6.07. The molecular weight excluding hydrogens is 392 g/mol. The van der Waals surface area contributed by atoms with Gasteiger partial charge in [-0.05, 0) is 67.8 Å². The lowest BCUT2D eigenvalue weighted by molar-refractivity contribution is -0.114. The summed E-state index contributed by atoms with van der Waals surface area (Å²) in [7, 11) is 0. The van der Waals surface area contributed by atoms with E-state index < -0.39 is 0 Å². The average molecular weight is 417 g/mol. The Morgan fingerprint density at radius 3 is 2.00 bits per heavy atom. The number of carbonyl (C=O) groups excluding carboxylic acids is 3. The Morgan fingerprint density at radius 1 is 0.929 bits per heavy atom. The molecule has 2 aromatic carbocycles. The van der Waals surface area contributed by atoms with Gasteiger partial charge in [-0.25, -0.2) is 0 Å². The first-order valence-corrected chi connectivity index (χ1v) is 10.1. The molecule has 0 amide bonds. The third kappa shape index (κ3) is 7.45. The van der Waals surface area contributed by atoms with Gasteiger partial charge < -0.3 is 0 Å². The minimum Gasteiger partial charge on any atom is -0.294 e. The van der Waals surface area contributed by atoms with Crippen LogP contribution in [0.2, 0.25) is 5.02 Å².